The Labute approximate surface area is 119 Å². The molecule has 1 aromatic rings. The van der Waals surface area contributed by atoms with Crippen LogP contribution in [0.4, 0.5) is 10.5 Å². The first-order valence-electron chi connectivity index (χ1n) is 6.01. The van der Waals surface area contributed by atoms with Crippen molar-refractivity contribution in [3.63, 3.8) is 0 Å². The molecule has 0 aromatic heterocycles. The maximum atomic E-state index is 12.2. The third-order valence-corrected chi connectivity index (χ3v) is 3.98. The monoisotopic (exact) mass is 326 g/mol. The zero-order valence-corrected chi connectivity index (χ0v) is 12.1. The van der Waals surface area contributed by atoms with Gasteiger partial charge in [-0.25, -0.2) is 4.79 Å². The number of hydrogen-bond acceptors (Lipinski definition) is 2. The number of nitrogens with zero attached hydrogens (tertiary/aromatic N) is 2. The SMILES string of the molecule is CN1C(=O)N(c2ccccc2Br)CC1CCC(=O)O. The molecule has 5 nitrogen and oxygen atoms in total. The molecule has 0 bridgehead atoms. The Hall–Kier alpha value is -1.56. The van der Waals surface area contributed by atoms with Gasteiger partial charge in [0, 0.05) is 24.5 Å². The van der Waals surface area contributed by atoms with Gasteiger partial charge in [0.2, 0.25) is 0 Å². The van der Waals surface area contributed by atoms with E-state index < -0.39 is 5.97 Å². The average Bonchev–Trinajstić information content (AvgIpc) is 2.65. The molecule has 1 saturated heterocycles. The lowest BCUT2D eigenvalue weighted by atomic mass is 10.1. The van der Waals surface area contributed by atoms with E-state index >= 15 is 0 Å². The van der Waals surface area contributed by atoms with Crippen molar-refractivity contribution in [2.24, 2.45) is 0 Å². The number of benzene rings is 1. The molecule has 1 aromatic carbocycles. The molecule has 2 amide bonds. The number of anilines is 1. The Morgan fingerprint density at radius 2 is 2.16 bits per heavy atom. The fraction of sp³-hybridized carbons (Fsp3) is 0.385. The van der Waals surface area contributed by atoms with Gasteiger partial charge in [-0.3, -0.25) is 9.69 Å². The van der Waals surface area contributed by atoms with Gasteiger partial charge in [0.1, 0.15) is 0 Å². The highest BCUT2D eigenvalue weighted by Gasteiger charge is 2.36. The van der Waals surface area contributed by atoms with Gasteiger partial charge in [0.25, 0.3) is 0 Å². The lowest BCUT2D eigenvalue weighted by Gasteiger charge is -2.17. The predicted octanol–water partition coefficient (Wildman–Crippen LogP) is 2.55. The third kappa shape index (κ3) is 2.89. The van der Waals surface area contributed by atoms with Crippen LogP contribution in [0.25, 0.3) is 0 Å². The number of para-hydroxylation sites is 1. The number of likely N-dealkylation sites (N-methyl/N-ethyl adjacent to an activating group) is 1. The molecule has 1 atom stereocenters. The number of carboxylic acid groups (broad SMARTS) is 1. The van der Waals surface area contributed by atoms with E-state index in [-0.39, 0.29) is 18.5 Å². The van der Waals surface area contributed by atoms with Crippen molar-refractivity contribution >= 4 is 33.6 Å². The van der Waals surface area contributed by atoms with Crippen LogP contribution in [0.1, 0.15) is 12.8 Å². The Morgan fingerprint density at radius 1 is 1.47 bits per heavy atom. The van der Waals surface area contributed by atoms with Crippen LogP contribution in [0.5, 0.6) is 0 Å². The molecular formula is C13H15BrN2O3. The molecular weight excluding hydrogens is 312 g/mol. The van der Waals surface area contributed by atoms with Crippen LogP contribution in [0.15, 0.2) is 28.7 Å². The van der Waals surface area contributed by atoms with Gasteiger partial charge >= 0.3 is 12.0 Å². The number of carboxylic acids is 1. The van der Waals surface area contributed by atoms with Gasteiger partial charge in [0.15, 0.2) is 0 Å². The molecule has 0 radical (unpaired) electrons. The molecule has 1 unspecified atom stereocenters. The molecule has 0 saturated carbocycles. The molecule has 1 N–H and O–H groups in total. The third-order valence-electron chi connectivity index (χ3n) is 3.31. The predicted molar refractivity (Wildman–Crippen MR) is 75.3 cm³/mol. The molecule has 2 rings (SSSR count). The lowest BCUT2D eigenvalue weighted by molar-refractivity contribution is -0.137. The number of carbonyl (C=O) groups is 2. The quantitative estimate of drug-likeness (QED) is 0.924. The largest absolute Gasteiger partial charge is 0.481 e. The maximum absolute atomic E-state index is 12.2. The summed E-state index contributed by atoms with van der Waals surface area (Å²) in [5, 5.41) is 8.73. The van der Waals surface area contributed by atoms with Gasteiger partial charge in [-0.2, -0.15) is 0 Å². The topological polar surface area (TPSA) is 60.9 Å². The van der Waals surface area contributed by atoms with Crippen LogP contribution >= 0.6 is 15.9 Å². The zero-order valence-electron chi connectivity index (χ0n) is 10.5. The minimum atomic E-state index is -0.833. The Morgan fingerprint density at radius 3 is 2.79 bits per heavy atom. The first-order chi connectivity index (χ1) is 9.00. The van der Waals surface area contributed by atoms with Crippen LogP contribution in [-0.2, 0) is 4.79 Å². The van der Waals surface area contributed by atoms with Crippen LogP contribution in [-0.4, -0.2) is 41.6 Å². The Balaban J connectivity index is 2.14. The highest BCUT2D eigenvalue weighted by atomic mass is 79.9. The number of hydrogen-bond donors (Lipinski definition) is 1. The number of amides is 2. The van der Waals surface area contributed by atoms with E-state index in [1.807, 2.05) is 24.3 Å². The molecule has 19 heavy (non-hydrogen) atoms. The highest BCUT2D eigenvalue weighted by Crippen LogP contribution is 2.30. The van der Waals surface area contributed by atoms with Crippen molar-refractivity contribution in [1.29, 1.82) is 0 Å². The van der Waals surface area contributed by atoms with E-state index in [0.29, 0.717) is 13.0 Å². The van der Waals surface area contributed by atoms with E-state index in [2.05, 4.69) is 15.9 Å². The first-order valence-corrected chi connectivity index (χ1v) is 6.80. The summed E-state index contributed by atoms with van der Waals surface area (Å²) in [6.45, 7) is 0.519. The summed E-state index contributed by atoms with van der Waals surface area (Å²) in [7, 11) is 1.71. The van der Waals surface area contributed by atoms with E-state index in [4.69, 9.17) is 5.11 Å². The summed E-state index contributed by atoms with van der Waals surface area (Å²) in [4.78, 5) is 26.1. The van der Waals surface area contributed by atoms with Gasteiger partial charge in [-0.1, -0.05) is 12.1 Å². The van der Waals surface area contributed by atoms with Crippen molar-refractivity contribution in [2.75, 3.05) is 18.5 Å². The lowest BCUT2D eigenvalue weighted by Crippen LogP contribution is -2.31. The molecule has 6 heteroatoms. The number of halogens is 1. The van der Waals surface area contributed by atoms with E-state index in [0.717, 1.165) is 10.2 Å². The number of urea groups is 1. The van der Waals surface area contributed by atoms with Crippen LogP contribution < -0.4 is 4.90 Å². The second-order valence-corrected chi connectivity index (χ2v) is 5.40. The minimum Gasteiger partial charge on any atom is -0.481 e. The molecule has 1 aliphatic heterocycles. The van der Waals surface area contributed by atoms with E-state index in [9.17, 15) is 9.59 Å². The smallest absolute Gasteiger partial charge is 0.324 e. The molecule has 1 heterocycles. The first kappa shape index (κ1) is 13.9. The van der Waals surface area contributed by atoms with Crippen molar-refractivity contribution in [3.8, 4) is 0 Å². The second kappa shape index (κ2) is 5.61. The summed E-state index contributed by atoms with van der Waals surface area (Å²) >= 11 is 3.43. The average molecular weight is 327 g/mol. The maximum Gasteiger partial charge on any atom is 0.324 e. The number of carbonyl (C=O) groups excluding carboxylic acids is 1. The van der Waals surface area contributed by atoms with Crippen LogP contribution in [0, 0.1) is 0 Å². The van der Waals surface area contributed by atoms with Gasteiger partial charge in [-0.15, -0.1) is 0 Å². The van der Waals surface area contributed by atoms with Crippen molar-refractivity contribution in [2.45, 2.75) is 18.9 Å². The molecule has 1 fully saturated rings. The number of rotatable bonds is 4. The molecule has 0 spiro atoms. The molecule has 102 valence electrons. The summed E-state index contributed by atoms with van der Waals surface area (Å²) in [6.07, 6.45) is 0.546. The van der Waals surface area contributed by atoms with E-state index in [1.165, 1.54) is 0 Å². The zero-order chi connectivity index (χ0) is 14.0. The fourth-order valence-electron chi connectivity index (χ4n) is 2.20. The summed E-state index contributed by atoms with van der Waals surface area (Å²) < 4.78 is 0.857. The minimum absolute atomic E-state index is 0.0595. The number of aliphatic carboxylic acids is 1. The Bertz CT molecular complexity index is 506. The highest BCUT2D eigenvalue weighted by molar-refractivity contribution is 9.10. The van der Waals surface area contributed by atoms with Crippen molar-refractivity contribution in [1.82, 2.24) is 4.90 Å². The summed E-state index contributed by atoms with van der Waals surface area (Å²) in [5.41, 5.74) is 0.817. The van der Waals surface area contributed by atoms with Crippen LogP contribution in [0.3, 0.4) is 0 Å². The second-order valence-electron chi connectivity index (χ2n) is 4.54. The summed E-state index contributed by atoms with van der Waals surface area (Å²) in [6, 6.07) is 7.36. The van der Waals surface area contributed by atoms with Crippen molar-refractivity contribution in [3.05, 3.63) is 28.7 Å². The van der Waals surface area contributed by atoms with Gasteiger partial charge < -0.3 is 10.0 Å². The standard InChI is InChI=1S/C13H15BrN2O3/c1-15-9(6-7-12(17)18)8-16(13(15)19)11-5-3-2-4-10(11)14/h2-5,9H,6-8H2,1H3,(H,17,18). The van der Waals surface area contributed by atoms with Crippen LogP contribution in [0.2, 0.25) is 0 Å². The summed E-state index contributed by atoms with van der Waals surface area (Å²) in [5.74, 6) is -0.833. The van der Waals surface area contributed by atoms with Gasteiger partial charge in [0.05, 0.1) is 11.7 Å². The van der Waals surface area contributed by atoms with Crippen molar-refractivity contribution < 1.29 is 14.7 Å². The normalized spacial score (nSPS) is 19.1. The molecule has 1 aliphatic rings. The molecule has 0 aliphatic carbocycles. The van der Waals surface area contributed by atoms with Gasteiger partial charge in [-0.05, 0) is 34.5 Å². The van der Waals surface area contributed by atoms with E-state index in [1.54, 1.807) is 16.8 Å². The Kier molecular flexibility index (Phi) is 4.09. The fourth-order valence-corrected chi connectivity index (χ4v) is 2.70.